The topological polar surface area (TPSA) is 136 Å². The van der Waals surface area contributed by atoms with E-state index in [0.29, 0.717) is 32.8 Å². The van der Waals surface area contributed by atoms with Crippen LogP contribution in [0.15, 0.2) is 42.5 Å². The largest absolute Gasteiger partial charge is 0.378 e. The molecule has 5 aromatic rings. The van der Waals surface area contributed by atoms with E-state index >= 15 is 8.78 Å². The molecule has 58 heavy (non-hydrogen) atoms. The van der Waals surface area contributed by atoms with Crippen molar-refractivity contribution in [2.75, 3.05) is 19.0 Å². The zero-order valence-corrected chi connectivity index (χ0v) is 31.8. The zero-order chi connectivity index (χ0) is 41.8. The molecule has 300 valence electrons. The Balaban J connectivity index is 1.38. The van der Waals surface area contributed by atoms with E-state index in [1.54, 1.807) is 19.2 Å². The number of aliphatic hydroxyl groups is 1. The number of halogens is 7. The number of benzene rings is 2. The van der Waals surface area contributed by atoms with E-state index in [1.807, 2.05) is 0 Å². The molecule has 0 aliphatic heterocycles. The lowest BCUT2D eigenvalue weighted by molar-refractivity contribution is -0.123. The first-order chi connectivity index (χ1) is 27.4. The minimum absolute atomic E-state index is 0.0473. The summed E-state index contributed by atoms with van der Waals surface area (Å²) in [6.07, 6.45) is -3.57. The van der Waals surface area contributed by atoms with Crippen LogP contribution in [0.5, 0.6) is 0 Å². The third-order valence-corrected chi connectivity index (χ3v) is 9.79. The highest BCUT2D eigenvalue weighted by Gasteiger charge is 2.60. The molecule has 2 aliphatic carbocycles. The van der Waals surface area contributed by atoms with Crippen LogP contribution >= 0.6 is 11.6 Å². The van der Waals surface area contributed by atoms with Crippen molar-refractivity contribution in [2.45, 2.75) is 56.7 Å². The van der Waals surface area contributed by atoms with Crippen LogP contribution in [0.25, 0.3) is 22.0 Å². The van der Waals surface area contributed by atoms with Gasteiger partial charge in [0.2, 0.25) is 5.91 Å². The number of nitrogens with zero attached hydrogens (tertiary/aromatic N) is 5. The van der Waals surface area contributed by atoms with Gasteiger partial charge in [-0.1, -0.05) is 35.4 Å². The summed E-state index contributed by atoms with van der Waals surface area (Å²) in [5.74, 6) is 0.586. The number of pyridine rings is 1. The van der Waals surface area contributed by atoms with Crippen LogP contribution in [0.3, 0.4) is 0 Å². The average molecular weight is 824 g/mol. The first kappa shape index (κ1) is 40.3. The molecule has 3 heterocycles. The van der Waals surface area contributed by atoms with Gasteiger partial charge in [0.05, 0.1) is 33.6 Å². The number of alkyl halides is 4. The maximum absolute atomic E-state index is 15.6. The van der Waals surface area contributed by atoms with Gasteiger partial charge in [0.25, 0.3) is 12.3 Å². The molecular formula is C40H32ClF6N7O4. The summed E-state index contributed by atoms with van der Waals surface area (Å²) < 4.78 is 95.4. The number of methoxy groups -OCH3 is 1. The molecule has 7 rings (SSSR count). The maximum atomic E-state index is 15.6. The van der Waals surface area contributed by atoms with Gasteiger partial charge in [0.1, 0.15) is 53.4 Å². The molecule has 3 unspecified atom stereocenters. The van der Waals surface area contributed by atoms with E-state index < -0.39 is 82.8 Å². The van der Waals surface area contributed by atoms with E-state index in [4.69, 9.17) is 21.3 Å². The van der Waals surface area contributed by atoms with Crippen LogP contribution in [0.2, 0.25) is 5.02 Å². The van der Waals surface area contributed by atoms with Crippen molar-refractivity contribution in [3.63, 3.8) is 0 Å². The van der Waals surface area contributed by atoms with Crippen LogP contribution in [0, 0.1) is 41.2 Å². The molecule has 2 amide bonds. The van der Waals surface area contributed by atoms with Crippen molar-refractivity contribution in [3.8, 4) is 34.8 Å². The maximum Gasteiger partial charge on any atom is 0.304 e. The van der Waals surface area contributed by atoms with Gasteiger partial charge in [0, 0.05) is 36.9 Å². The second-order valence-corrected chi connectivity index (χ2v) is 14.7. The van der Waals surface area contributed by atoms with E-state index in [-0.39, 0.29) is 40.8 Å². The highest BCUT2D eigenvalue weighted by Crippen LogP contribution is 2.57. The highest BCUT2D eigenvalue weighted by molar-refractivity contribution is 6.37. The number of aryl methyl sites for hydroxylation is 1. The highest BCUT2D eigenvalue weighted by atomic mass is 35.5. The Bertz CT molecular complexity index is 2610. The normalized spacial score (nSPS) is 16.8. The van der Waals surface area contributed by atoms with Gasteiger partial charge in [-0.05, 0) is 62.1 Å². The third-order valence-electron chi connectivity index (χ3n) is 9.47. The van der Waals surface area contributed by atoms with Crippen molar-refractivity contribution < 1.29 is 45.8 Å². The van der Waals surface area contributed by atoms with Crippen molar-refractivity contribution in [1.29, 1.82) is 0 Å². The molecule has 3 atom stereocenters. The van der Waals surface area contributed by atoms with Crippen LogP contribution in [-0.2, 0) is 40.3 Å². The third kappa shape index (κ3) is 7.60. The van der Waals surface area contributed by atoms with E-state index in [0.717, 1.165) is 12.1 Å². The van der Waals surface area contributed by atoms with Gasteiger partial charge in [-0.15, -0.1) is 0 Å². The predicted octanol–water partition coefficient (Wildman–Crippen LogP) is 6.33. The summed E-state index contributed by atoms with van der Waals surface area (Å²) in [5.41, 5.74) is -2.36. The van der Waals surface area contributed by atoms with Gasteiger partial charge in [0.15, 0.2) is 5.82 Å². The molecule has 0 saturated carbocycles. The van der Waals surface area contributed by atoms with Crippen LogP contribution < -0.4 is 10.6 Å². The lowest BCUT2D eigenvalue weighted by Gasteiger charge is -2.24. The Kier molecular flexibility index (Phi) is 10.5. The summed E-state index contributed by atoms with van der Waals surface area (Å²) in [6, 6.07) is 7.66. The van der Waals surface area contributed by atoms with E-state index in [9.17, 15) is 32.3 Å². The van der Waals surface area contributed by atoms with Crippen LogP contribution in [-0.4, -0.2) is 60.8 Å². The minimum atomic E-state index is -3.68. The number of aromatic nitrogens is 5. The monoisotopic (exact) mass is 823 g/mol. The van der Waals surface area contributed by atoms with Crippen molar-refractivity contribution in [1.82, 2.24) is 29.9 Å². The molecule has 3 aromatic heterocycles. The predicted molar refractivity (Wildman–Crippen MR) is 199 cm³/mol. The number of fused-ring (bicyclic) bond motifs is 4. The summed E-state index contributed by atoms with van der Waals surface area (Å²) in [5, 5.41) is 24.4. The summed E-state index contributed by atoms with van der Waals surface area (Å²) in [7, 11) is 2.93. The zero-order valence-electron chi connectivity index (χ0n) is 31.0. The Morgan fingerprint density at radius 2 is 1.76 bits per heavy atom. The quantitative estimate of drug-likeness (QED) is 0.105. The van der Waals surface area contributed by atoms with E-state index in [1.165, 1.54) is 37.8 Å². The number of nitrogens with one attached hydrogen (secondary N) is 2. The molecule has 0 fully saturated rings. The number of amides is 2. The lowest BCUT2D eigenvalue weighted by Crippen LogP contribution is -2.36. The van der Waals surface area contributed by atoms with Crippen molar-refractivity contribution in [2.24, 2.45) is 13.0 Å². The Labute approximate surface area is 331 Å². The van der Waals surface area contributed by atoms with Crippen LogP contribution in [0.4, 0.5) is 32.2 Å². The molecule has 2 aromatic carbocycles. The molecule has 2 aliphatic rings. The Morgan fingerprint density at radius 1 is 1.05 bits per heavy atom. The molecule has 11 nitrogen and oxygen atoms in total. The number of hydrogen-bond donors (Lipinski definition) is 3. The SMILES string of the molecule is COCC(=O)Nc1nn(C)c2c(-c3ccc(C#CC(C)(C)O)nc3C(Cc3cc(F)cc(F)c3)NC(=O)Cn3nc(C(F)F)c4c3C(F)(F)C3C#CC43)ccc(Cl)c12. The molecular weight excluding hydrogens is 792 g/mol. The molecule has 0 radical (unpaired) electrons. The van der Waals surface area contributed by atoms with Crippen molar-refractivity contribution >= 4 is 40.1 Å². The second kappa shape index (κ2) is 15.1. The molecule has 18 heteroatoms. The minimum Gasteiger partial charge on any atom is -0.378 e. The van der Waals surface area contributed by atoms with Gasteiger partial charge < -0.3 is 20.5 Å². The van der Waals surface area contributed by atoms with Gasteiger partial charge in [-0.3, -0.25) is 19.0 Å². The fourth-order valence-corrected chi connectivity index (χ4v) is 7.40. The summed E-state index contributed by atoms with van der Waals surface area (Å²) in [4.78, 5) is 31.2. The lowest BCUT2D eigenvalue weighted by atomic mass is 9.84. The first-order valence-electron chi connectivity index (χ1n) is 17.6. The first-order valence-corrected chi connectivity index (χ1v) is 18.0. The standard InChI is InChI=1S/C40H32ClF6N7O4/c1-39(2,57)12-11-22-5-6-23(24-8-10-27(41)32-35(24)53(3)52-38(32)50-30(56)18-58-4)33(48-22)28(15-19-13-20(42)16-21(43)14-19)49-29(55)17-54-36-31(34(51-54)37(44)45)25-7-9-26(25)40(36,46)47/h5-6,8,10,13-14,16,25-26,28,37,57H,15,17-18H2,1-4H3,(H,49,55)(H,50,52,56). The fourth-order valence-electron chi connectivity index (χ4n) is 7.16. The number of rotatable bonds is 11. The van der Waals surface area contributed by atoms with Crippen LogP contribution in [0.1, 0.15) is 66.1 Å². The number of anilines is 1. The smallest absolute Gasteiger partial charge is 0.304 e. The average Bonchev–Trinajstić information content (AvgIpc) is 3.68. The molecule has 0 spiro atoms. The number of carbonyl (C=O) groups excluding carboxylic acids is 2. The molecule has 0 bridgehead atoms. The van der Waals surface area contributed by atoms with Gasteiger partial charge in [-0.2, -0.15) is 19.0 Å². The number of ether oxygens (including phenoxy) is 1. The van der Waals surface area contributed by atoms with Crippen molar-refractivity contribution in [3.05, 3.63) is 93.0 Å². The molecule has 0 saturated heterocycles. The van der Waals surface area contributed by atoms with Gasteiger partial charge >= 0.3 is 5.92 Å². The fraction of sp³-hybridized carbons (Fsp3) is 0.325. The number of carbonyl (C=O) groups is 2. The van der Waals surface area contributed by atoms with Gasteiger partial charge in [-0.25, -0.2) is 22.5 Å². The second-order valence-electron chi connectivity index (χ2n) is 14.3. The molecule has 3 N–H and O–H groups in total. The number of hydrogen-bond acceptors (Lipinski definition) is 7. The Hall–Kier alpha value is -5.88. The van der Waals surface area contributed by atoms with E-state index in [2.05, 4.69) is 44.5 Å². The summed E-state index contributed by atoms with van der Waals surface area (Å²) >= 11 is 6.66. The Morgan fingerprint density at radius 3 is 2.40 bits per heavy atom. The summed E-state index contributed by atoms with van der Waals surface area (Å²) in [6.45, 7) is 1.65.